The number of nitrogens with zero attached hydrogens (tertiary/aromatic N) is 1. The largest absolute Gasteiger partial charge is 0.506 e. The molecule has 1 aromatic heterocycles. The standard InChI is InChI=1S/C22H16N2O6/c25-19-10-8-15(24(27)28)12-18(19)23-22(26)21-11-9-16(30-21)13-29-20-7-3-5-14-4-1-2-6-17(14)20/h1-12,25H,13H2,(H,23,26). The lowest BCUT2D eigenvalue weighted by atomic mass is 10.1. The van der Waals surface area contributed by atoms with Gasteiger partial charge in [0.05, 0.1) is 10.6 Å². The van der Waals surface area contributed by atoms with Crippen LogP contribution in [0.15, 0.2) is 77.2 Å². The van der Waals surface area contributed by atoms with Crippen molar-refractivity contribution in [3.05, 3.63) is 94.4 Å². The van der Waals surface area contributed by atoms with Gasteiger partial charge in [-0.05, 0) is 29.7 Å². The van der Waals surface area contributed by atoms with Gasteiger partial charge in [-0.15, -0.1) is 0 Å². The van der Waals surface area contributed by atoms with Crippen molar-refractivity contribution in [1.29, 1.82) is 0 Å². The highest BCUT2D eigenvalue weighted by atomic mass is 16.6. The molecule has 0 bridgehead atoms. The maximum atomic E-state index is 12.4. The molecule has 0 atom stereocenters. The van der Waals surface area contributed by atoms with Gasteiger partial charge in [0.2, 0.25) is 0 Å². The first kappa shape index (κ1) is 19.0. The third-order valence-electron chi connectivity index (χ3n) is 4.44. The van der Waals surface area contributed by atoms with Crippen molar-refractivity contribution in [2.24, 2.45) is 0 Å². The lowest BCUT2D eigenvalue weighted by Gasteiger charge is -2.08. The van der Waals surface area contributed by atoms with Crippen molar-refractivity contribution >= 4 is 28.1 Å². The molecule has 2 N–H and O–H groups in total. The summed E-state index contributed by atoms with van der Waals surface area (Å²) in [7, 11) is 0. The Morgan fingerprint density at radius 1 is 1.07 bits per heavy atom. The summed E-state index contributed by atoms with van der Waals surface area (Å²) in [6.07, 6.45) is 0. The van der Waals surface area contributed by atoms with E-state index in [1.807, 2.05) is 42.5 Å². The molecule has 3 aromatic carbocycles. The van der Waals surface area contributed by atoms with E-state index in [0.717, 1.165) is 29.0 Å². The summed E-state index contributed by atoms with van der Waals surface area (Å²) in [4.78, 5) is 22.6. The highest BCUT2D eigenvalue weighted by Gasteiger charge is 2.16. The van der Waals surface area contributed by atoms with E-state index in [2.05, 4.69) is 5.32 Å². The normalized spacial score (nSPS) is 10.7. The van der Waals surface area contributed by atoms with Gasteiger partial charge in [-0.1, -0.05) is 36.4 Å². The molecule has 0 aliphatic rings. The molecule has 4 rings (SSSR count). The smallest absolute Gasteiger partial charge is 0.291 e. The number of ether oxygens (including phenoxy) is 1. The number of aromatic hydroxyl groups is 1. The zero-order valence-corrected chi connectivity index (χ0v) is 15.6. The minimum atomic E-state index is -0.651. The summed E-state index contributed by atoms with van der Waals surface area (Å²) in [6.45, 7) is 0.114. The first-order valence-electron chi connectivity index (χ1n) is 8.99. The van der Waals surface area contributed by atoms with Gasteiger partial charge in [-0.2, -0.15) is 0 Å². The van der Waals surface area contributed by atoms with Crippen LogP contribution >= 0.6 is 0 Å². The minimum Gasteiger partial charge on any atom is -0.506 e. The van der Waals surface area contributed by atoms with Crippen molar-refractivity contribution in [3.63, 3.8) is 0 Å². The monoisotopic (exact) mass is 404 g/mol. The fraction of sp³-hybridized carbons (Fsp3) is 0.0455. The third-order valence-corrected chi connectivity index (χ3v) is 4.44. The van der Waals surface area contributed by atoms with Crippen LogP contribution < -0.4 is 10.1 Å². The number of hydrogen-bond donors (Lipinski definition) is 2. The summed E-state index contributed by atoms with van der Waals surface area (Å²) in [5, 5.41) is 25.1. The summed E-state index contributed by atoms with van der Waals surface area (Å²) < 4.78 is 11.4. The molecule has 150 valence electrons. The number of phenols is 1. The number of nitro groups is 1. The van der Waals surface area contributed by atoms with E-state index >= 15 is 0 Å². The van der Waals surface area contributed by atoms with E-state index in [1.54, 1.807) is 6.07 Å². The number of non-ortho nitro benzene ring substituents is 1. The van der Waals surface area contributed by atoms with Gasteiger partial charge in [0, 0.05) is 17.5 Å². The molecule has 0 aliphatic heterocycles. The Kier molecular flexibility index (Phi) is 5.04. The highest BCUT2D eigenvalue weighted by molar-refractivity contribution is 6.03. The van der Waals surface area contributed by atoms with Gasteiger partial charge in [0.1, 0.15) is 23.9 Å². The molecule has 0 spiro atoms. The number of furan rings is 1. The minimum absolute atomic E-state index is 0.0163. The molecule has 1 heterocycles. The van der Waals surface area contributed by atoms with Crippen LogP contribution in [0, 0.1) is 10.1 Å². The lowest BCUT2D eigenvalue weighted by molar-refractivity contribution is -0.384. The Balaban J connectivity index is 1.46. The summed E-state index contributed by atoms with van der Waals surface area (Å²) in [6, 6.07) is 20.0. The maximum Gasteiger partial charge on any atom is 0.291 e. The van der Waals surface area contributed by atoms with E-state index in [0.29, 0.717) is 11.5 Å². The molecule has 4 aromatic rings. The first-order valence-corrected chi connectivity index (χ1v) is 8.99. The van der Waals surface area contributed by atoms with Gasteiger partial charge in [0.25, 0.3) is 11.6 Å². The number of anilines is 1. The van der Waals surface area contributed by atoms with E-state index in [4.69, 9.17) is 9.15 Å². The first-order chi connectivity index (χ1) is 14.5. The Morgan fingerprint density at radius 3 is 2.70 bits per heavy atom. The highest BCUT2D eigenvalue weighted by Crippen LogP contribution is 2.29. The number of nitrogens with one attached hydrogen (secondary N) is 1. The molecule has 0 saturated heterocycles. The van der Waals surface area contributed by atoms with Gasteiger partial charge in [0.15, 0.2) is 5.76 Å². The van der Waals surface area contributed by atoms with E-state index in [9.17, 15) is 20.0 Å². The number of rotatable bonds is 6. The Bertz CT molecular complexity index is 1240. The summed E-state index contributed by atoms with van der Waals surface area (Å²) >= 11 is 0. The second-order valence-corrected chi connectivity index (χ2v) is 6.44. The van der Waals surface area contributed by atoms with Crippen molar-refractivity contribution in [1.82, 2.24) is 0 Å². The molecule has 0 saturated carbocycles. The number of carbonyl (C=O) groups excluding carboxylic acids is 1. The number of fused-ring (bicyclic) bond motifs is 1. The van der Waals surface area contributed by atoms with Gasteiger partial charge >= 0.3 is 0 Å². The fourth-order valence-corrected chi connectivity index (χ4v) is 2.97. The predicted molar refractivity (Wildman–Crippen MR) is 110 cm³/mol. The van der Waals surface area contributed by atoms with Crippen LogP contribution in [-0.2, 0) is 6.61 Å². The van der Waals surface area contributed by atoms with Crippen LogP contribution in [0.1, 0.15) is 16.3 Å². The van der Waals surface area contributed by atoms with E-state index < -0.39 is 10.8 Å². The lowest BCUT2D eigenvalue weighted by Crippen LogP contribution is -2.11. The molecule has 8 heteroatoms. The number of amides is 1. The Morgan fingerprint density at radius 2 is 1.87 bits per heavy atom. The molecule has 8 nitrogen and oxygen atoms in total. The van der Waals surface area contributed by atoms with E-state index in [-0.39, 0.29) is 29.5 Å². The van der Waals surface area contributed by atoms with Crippen LogP contribution in [0.25, 0.3) is 10.8 Å². The average Bonchev–Trinajstić information content (AvgIpc) is 3.23. The second kappa shape index (κ2) is 7.96. The van der Waals surface area contributed by atoms with Crippen molar-refractivity contribution in [2.45, 2.75) is 6.61 Å². The molecule has 30 heavy (non-hydrogen) atoms. The van der Waals surface area contributed by atoms with Crippen molar-refractivity contribution < 1.29 is 24.0 Å². The fourth-order valence-electron chi connectivity index (χ4n) is 2.97. The molecular formula is C22H16N2O6. The Hall–Kier alpha value is -4.33. The Labute approximate surface area is 170 Å². The quantitative estimate of drug-likeness (QED) is 0.269. The molecule has 0 aliphatic carbocycles. The average molecular weight is 404 g/mol. The van der Waals surface area contributed by atoms with Gasteiger partial charge < -0.3 is 19.6 Å². The molecule has 0 unspecified atom stereocenters. The number of phenolic OH excluding ortho intramolecular Hbond substituents is 1. The number of benzene rings is 3. The zero-order chi connectivity index (χ0) is 21.1. The second-order valence-electron chi connectivity index (χ2n) is 6.44. The molecule has 0 radical (unpaired) electrons. The van der Waals surface area contributed by atoms with Crippen LogP contribution in [0.4, 0.5) is 11.4 Å². The topological polar surface area (TPSA) is 115 Å². The number of hydrogen-bond acceptors (Lipinski definition) is 6. The van der Waals surface area contributed by atoms with Crippen LogP contribution in [0.5, 0.6) is 11.5 Å². The molecule has 1 amide bonds. The maximum absolute atomic E-state index is 12.4. The van der Waals surface area contributed by atoms with Gasteiger partial charge in [-0.25, -0.2) is 0 Å². The van der Waals surface area contributed by atoms with Crippen LogP contribution in [0.3, 0.4) is 0 Å². The van der Waals surface area contributed by atoms with Crippen LogP contribution in [0.2, 0.25) is 0 Å². The number of carbonyl (C=O) groups is 1. The number of nitro benzene ring substituents is 1. The van der Waals surface area contributed by atoms with Gasteiger partial charge in [-0.3, -0.25) is 14.9 Å². The predicted octanol–water partition coefficient (Wildman–Crippen LogP) is 4.88. The molecular weight excluding hydrogens is 388 g/mol. The van der Waals surface area contributed by atoms with Crippen molar-refractivity contribution in [2.75, 3.05) is 5.32 Å². The SMILES string of the molecule is O=C(Nc1cc([N+](=O)[O-])ccc1O)c1ccc(COc2cccc3ccccc23)o1. The van der Waals surface area contributed by atoms with Crippen molar-refractivity contribution in [3.8, 4) is 11.5 Å². The zero-order valence-electron chi connectivity index (χ0n) is 15.6. The van der Waals surface area contributed by atoms with Crippen LogP contribution in [-0.4, -0.2) is 15.9 Å². The summed E-state index contributed by atoms with van der Waals surface area (Å²) in [5.41, 5.74) is -0.342. The van der Waals surface area contributed by atoms with E-state index in [1.165, 1.54) is 6.07 Å². The summed E-state index contributed by atoms with van der Waals surface area (Å²) in [5.74, 6) is 0.160. The molecule has 0 fully saturated rings. The third kappa shape index (κ3) is 3.93.